The first-order valence-corrected chi connectivity index (χ1v) is 4.64. The van der Waals surface area contributed by atoms with Gasteiger partial charge in [0.05, 0.1) is 0 Å². The van der Waals surface area contributed by atoms with Crippen molar-refractivity contribution in [1.29, 1.82) is 0 Å². The third kappa shape index (κ3) is 2.20. The van der Waals surface area contributed by atoms with Crippen LogP contribution < -0.4 is 5.32 Å². The summed E-state index contributed by atoms with van der Waals surface area (Å²) in [4.78, 5) is 23.9. The maximum absolute atomic E-state index is 11.4. The molecule has 0 aliphatic carbocycles. The fraction of sp³-hybridized carbons (Fsp3) is 0.778. The lowest BCUT2D eigenvalue weighted by molar-refractivity contribution is -0.127. The number of nitrogens with one attached hydrogen (secondary N) is 1. The van der Waals surface area contributed by atoms with E-state index in [-0.39, 0.29) is 18.0 Å². The Labute approximate surface area is 78.3 Å². The fourth-order valence-corrected chi connectivity index (χ4v) is 1.26. The van der Waals surface area contributed by atoms with Crippen molar-refractivity contribution in [3.8, 4) is 0 Å². The van der Waals surface area contributed by atoms with Gasteiger partial charge in [-0.3, -0.25) is 9.69 Å². The molecule has 1 atom stereocenters. The zero-order chi connectivity index (χ0) is 10.0. The summed E-state index contributed by atoms with van der Waals surface area (Å²) in [6, 6.07) is -0.599. The summed E-state index contributed by atoms with van der Waals surface area (Å²) in [5, 5.41) is 2.58. The second kappa shape index (κ2) is 3.77. The zero-order valence-electron chi connectivity index (χ0n) is 8.33. The van der Waals surface area contributed by atoms with Crippen molar-refractivity contribution >= 4 is 11.9 Å². The predicted octanol–water partition coefficient (Wildman–Crippen LogP) is 0.973. The van der Waals surface area contributed by atoms with E-state index in [0.29, 0.717) is 12.5 Å². The van der Waals surface area contributed by atoms with Gasteiger partial charge in [-0.05, 0) is 19.3 Å². The van der Waals surface area contributed by atoms with Gasteiger partial charge in [-0.25, -0.2) is 4.79 Å². The number of imide groups is 1. The minimum Gasteiger partial charge on any atom is -0.326 e. The number of nitrogens with zero attached hydrogens (tertiary/aromatic N) is 1. The molecule has 1 aliphatic rings. The highest BCUT2D eigenvalue weighted by atomic mass is 16.2. The van der Waals surface area contributed by atoms with Gasteiger partial charge in [-0.2, -0.15) is 0 Å². The molecule has 74 valence electrons. The summed E-state index contributed by atoms with van der Waals surface area (Å²) in [6.07, 6.45) is 0.867. The number of carbonyl (C=O) groups excluding carboxylic acids is 2. The van der Waals surface area contributed by atoms with E-state index in [9.17, 15) is 9.59 Å². The Morgan fingerprint density at radius 3 is 2.46 bits per heavy atom. The van der Waals surface area contributed by atoms with Gasteiger partial charge < -0.3 is 5.32 Å². The van der Waals surface area contributed by atoms with Gasteiger partial charge in [0, 0.05) is 6.54 Å². The molecule has 0 aromatic heterocycles. The molecule has 1 N–H and O–H groups in total. The lowest BCUT2D eigenvalue weighted by atomic mass is 10.1. The molecule has 4 nitrogen and oxygen atoms in total. The molecule has 0 aromatic rings. The molecule has 1 saturated heterocycles. The van der Waals surface area contributed by atoms with Crippen LogP contribution in [0.4, 0.5) is 4.79 Å². The molecule has 4 heteroatoms. The monoisotopic (exact) mass is 184 g/mol. The second-order valence-electron chi connectivity index (χ2n) is 3.84. The number of carbonyl (C=O) groups is 2. The highest BCUT2D eigenvalue weighted by molar-refractivity contribution is 6.03. The Bertz CT molecular complexity index is 226. The van der Waals surface area contributed by atoms with E-state index >= 15 is 0 Å². The van der Waals surface area contributed by atoms with Crippen LogP contribution in [0, 0.1) is 5.92 Å². The first-order valence-electron chi connectivity index (χ1n) is 4.64. The molecule has 0 spiro atoms. The minimum atomic E-state index is -0.348. The van der Waals surface area contributed by atoms with Crippen LogP contribution in [0.25, 0.3) is 0 Å². The first kappa shape index (κ1) is 10.0. The first-order chi connectivity index (χ1) is 6.02. The Morgan fingerprint density at radius 1 is 1.46 bits per heavy atom. The van der Waals surface area contributed by atoms with Gasteiger partial charge in [0.15, 0.2) is 0 Å². The molecule has 1 aliphatic heterocycles. The van der Waals surface area contributed by atoms with Crippen molar-refractivity contribution in [1.82, 2.24) is 10.2 Å². The quantitative estimate of drug-likeness (QED) is 0.664. The van der Waals surface area contributed by atoms with Crippen LogP contribution >= 0.6 is 0 Å². The Morgan fingerprint density at radius 2 is 2.08 bits per heavy atom. The SMILES string of the molecule is CC(C)CCN1C(=O)NC(C)C1=O. The van der Waals surface area contributed by atoms with Crippen LogP contribution in [0.3, 0.4) is 0 Å². The average Bonchev–Trinajstić information content (AvgIpc) is 2.24. The van der Waals surface area contributed by atoms with Crippen LogP contribution in [0.2, 0.25) is 0 Å². The van der Waals surface area contributed by atoms with E-state index in [1.807, 2.05) is 0 Å². The largest absolute Gasteiger partial charge is 0.326 e. The normalized spacial score (nSPS) is 22.8. The van der Waals surface area contributed by atoms with E-state index in [4.69, 9.17) is 0 Å². The van der Waals surface area contributed by atoms with E-state index < -0.39 is 0 Å². The van der Waals surface area contributed by atoms with E-state index in [0.717, 1.165) is 6.42 Å². The Balaban J connectivity index is 2.49. The van der Waals surface area contributed by atoms with Crippen LogP contribution in [-0.2, 0) is 4.79 Å². The zero-order valence-corrected chi connectivity index (χ0v) is 8.33. The molecule has 1 heterocycles. The summed E-state index contributed by atoms with van der Waals surface area (Å²) in [5.41, 5.74) is 0. The Hall–Kier alpha value is -1.06. The smallest absolute Gasteiger partial charge is 0.324 e. The van der Waals surface area contributed by atoms with Crippen molar-refractivity contribution in [3.63, 3.8) is 0 Å². The molecule has 3 amide bonds. The molecular formula is C9H16N2O2. The van der Waals surface area contributed by atoms with Crippen molar-refractivity contribution < 1.29 is 9.59 Å². The number of hydrogen-bond acceptors (Lipinski definition) is 2. The van der Waals surface area contributed by atoms with Crippen LogP contribution in [-0.4, -0.2) is 29.4 Å². The van der Waals surface area contributed by atoms with E-state index in [1.54, 1.807) is 6.92 Å². The lowest BCUT2D eigenvalue weighted by Crippen LogP contribution is -2.32. The summed E-state index contributed by atoms with van der Waals surface area (Å²) < 4.78 is 0. The number of amides is 3. The van der Waals surface area contributed by atoms with Crippen molar-refractivity contribution in [2.24, 2.45) is 5.92 Å². The van der Waals surface area contributed by atoms with E-state index in [2.05, 4.69) is 19.2 Å². The highest BCUT2D eigenvalue weighted by Crippen LogP contribution is 2.09. The number of hydrogen-bond donors (Lipinski definition) is 1. The van der Waals surface area contributed by atoms with Crippen molar-refractivity contribution in [2.45, 2.75) is 33.2 Å². The van der Waals surface area contributed by atoms with Crippen molar-refractivity contribution in [3.05, 3.63) is 0 Å². The maximum atomic E-state index is 11.4. The molecule has 0 bridgehead atoms. The topological polar surface area (TPSA) is 49.4 Å². The standard InChI is InChI=1S/C9H16N2O2/c1-6(2)4-5-11-8(12)7(3)10-9(11)13/h6-7H,4-5H2,1-3H3,(H,10,13). The molecule has 0 saturated carbocycles. The van der Waals surface area contributed by atoms with Gasteiger partial charge in [0.1, 0.15) is 6.04 Å². The van der Waals surface area contributed by atoms with Gasteiger partial charge in [0.2, 0.25) is 0 Å². The fourth-order valence-electron chi connectivity index (χ4n) is 1.26. The second-order valence-corrected chi connectivity index (χ2v) is 3.84. The maximum Gasteiger partial charge on any atom is 0.324 e. The van der Waals surface area contributed by atoms with Gasteiger partial charge >= 0.3 is 6.03 Å². The molecule has 13 heavy (non-hydrogen) atoms. The lowest BCUT2D eigenvalue weighted by Gasteiger charge is -2.13. The van der Waals surface area contributed by atoms with Gasteiger partial charge in [-0.15, -0.1) is 0 Å². The van der Waals surface area contributed by atoms with Crippen LogP contribution in [0.5, 0.6) is 0 Å². The van der Waals surface area contributed by atoms with Crippen molar-refractivity contribution in [2.75, 3.05) is 6.54 Å². The highest BCUT2D eigenvalue weighted by Gasteiger charge is 2.34. The Kier molecular flexibility index (Phi) is 2.90. The van der Waals surface area contributed by atoms with Gasteiger partial charge in [0.25, 0.3) is 5.91 Å². The molecule has 0 radical (unpaired) electrons. The molecule has 1 rings (SSSR count). The summed E-state index contributed by atoms with van der Waals surface area (Å²) in [6.45, 7) is 6.38. The minimum absolute atomic E-state index is 0.106. The molecular weight excluding hydrogens is 168 g/mol. The van der Waals surface area contributed by atoms with Crippen LogP contribution in [0.1, 0.15) is 27.2 Å². The van der Waals surface area contributed by atoms with Crippen LogP contribution in [0.15, 0.2) is 0 Å². The number of rotatable bonds is 3. The average molecular weight is 184 g/mol. The van der Waals surface area contributed by atoms with E-state index in [1.165, 1.54) is 4.90 Å². The summed E-state index contributed by atoms with van der Waals surface area (Å²) in [5.74, 6) is 0.405. The molecule has 0 aromatic carbocycles. The molecule has 1 fully saturated rings. The summed E-state index contributed by atoms with van der Waals surface area (Å²) in [7, 11) is 0. The predicted molar refractivity (Wildman–Crippen MR) is 49.2 cm³/mol. The number of urea groups is 1. The van der Waals surface area contributed by atoms with Gasteiger partial charge in [-0.1, -0.05) is 13.8 Å². The molecule has 1 unspecified atom stereocenters. The third-order valence-corrected chi connectivity index (χ3v) is 2.15. The third-order valence-electron chi connectivity index (χ3n) is 2.15. The summed E-state index contributed by atoms with van der Waals surface area (Å²) >= 11 is 0.